The summed E-state index contributed by atoms with van der Waals surface area (Å²) < 4.78 is 5.65. The number of carbonyl (C=O) groups is 2. The maximum atomic E-state index is 13.5. The van der Waals surface area contributed by atoms with Crippen molar-refractivity contribution in [1.29, 1.82) is 0 Å². The summed E-state index contributed by atoms with van der Waals surface area (Å²) in [5, 5.41) is 2.17. The highest BCUT2D eigenvalue weighted by Crippen LogP contribution is 2.38. The van der Waals surface area contributed by atoms with Gasteiger partial charge in [0.1, 0.15) is 5.75 Å². The van der Waals surface area contributed by atoms with Crippen LogP contribution in [-0.2, 0) is 16.0 Å². The first-order chi connectivity index (χ1) is 17.5. The molecule has 1 saturated heterocycles. The quantitative estimate of drug-likeness (QED) is 0.507. The van der Waals surface area contributed by atoms with Crippen LogP contribution in [-0.4, -0.2) is 71.9 Å². The van der Waals surface area contributed by atoms with Gasteiger partial charge in [-0.1, -0.05) is 42.5 Å². The van der Waals surface area contributed by atoms with Gasteiger partial charge < -0.3 is 14.5 Å². The molecule has 6 nitrogen and oxygen atoms in total. The lowest BCUT2D eigenvalue weighted by Gasteiger charge is -2.42. The first kappa shape index (κ1) is 24.5. The van der Waals surface area contributed by atoms with Crippen LogP contribution in [0, 0.1) is 6.92 Å². The Hall–Kier alpha value is -3.16. The number of rotatable bonds is 6. The lowest BCUT2D eigenvalue weighted by Crippen LogP contribution is -2.57. The molecule has 2 unspecified atom stereocenters. The normalized spacial score (nSPS) is 20.2. The molecule has 3 heterocycles. The topological polar surface area (TPSA) is 53.1 Å². The fraction of sp³-hybridized carbons (Fsp3) is 0.379. The van der Waals surface area contributed by atoms with E-state index in [0.717, 1.165) is 13.0 Å². The Morgan fingerprint density at radius 1 is 0.944 bits per heavy atom. The Bertz CT molecular complexity index is 1210. The first-order valence-corrected chi connectivity index (χ1v) is 13.5. The molecule has 7 heteroatoms. The van der Waals surface area contributed by atoms with Gasteiger partial charge in [0.05, 0.1) is 12.6 Å². The molecule has 0 saturated carbocycles. The second-order valence-corrected chi connectivity index (χ2v) is 10.7. The van der Waals surface area contributed by atoms with Crippen LogP contribution in [0.2, 0.25) is 0 Å². The van der Waals surface area contributed by atoms with Gasteiger partial charge in [-0.25, -0.2) is 0 Å². The summed E-state index contributed by atoms with van der Waals surface area (Å²) in [6.07, 6.45) is 0.975. The third-order valence-corrected chi connectivity index (χ3v) is 8.29. The standard InChI is InChI=1S/C29H33N3O3S/c1-21-8-6-7-11-24(21)29-25-13-17-36-26(25)12-14-31(29)19-27(33)30-15-16-32(22(2)18-30)28(34)20-35-23-9-4-3-5-10-23/h3-11,13,17,22,29H,12,14-16,18-20H2,1-2H3. The molecule has 2 aromatic carbocycles. The van der Waals surface area contributed by atoms with E-state index in [1.54, 1.807) is 0 Å². The number of hydrogen-bond acceptors (Lipinski definition) is 5. The molecule has 36 heavy (non-hydrogen) atoms. The van der Waals surface area contributed by atoms with Crippen LogP contribution in [0.4, 0.5) is 0 Å². The van der Waals surface area contributed by atoms with Crippen molar-refractivity contribution in [3.63, 3.8) is 0 Å². The van der Waals surface area contributed by atoms with Crippen LogP contribution in [0.5, 0.6) is 5.75 Å². The summed E-state index contributed by atoms with van der Waals surface area (Å²) in [5.74, 6) is 0.775. The number of fused-ring (bicyclic) bond motifs is 1. The molecule has 0 N–H and O–H groups in total. The number of carbonyl (C=O) groups excluding carboxylic acids is 2. The molecule has 0 aliphatic carbocycles. The Morgan fingerprint density at radius 3 is 2.50 bits per heavy atom. The molecule has 2 amide bonds. The van der Waals surface area contributed by atoms with E-state index in [2.05, 4.69) is 47.5 Å². The van der Waals surface area contributed by atoms with Gasteiger partial charge in [-0.15, -0.1) is 11.3 Å². The fourth-order valence-electron chi connectivity index (χ4n) is 5.37. The summed E-state index contributed by atoms with van der Waals surface area (Å²) in [6, 6.07) is 20.1. The number of ether oxygens (including phenoxy) is 1. The van der Waals surface area contributed by atoms with E-state index in [-0.39, 0.29) is 30.5 Å². The number of benzene rings is 2. The largest absolute Gasteiger partial charge is 0.484 e. The van der Waals surface area contributed by atoms with Crippen LogP contribution in [0.1, 0.15) is 34.5 Å². The summed E-state index contributed by atoms with van der Waals surface area (Å²) in [7, 11) is 0. The molecule has 2 atom stereocenters. The van der Waals surface area contributed by atoms with Crippen molar-refractivity contribution in [2.45, 2.75) is 32.4 Å². The maximum absolute atomic E-state index is 13.5. The number of hydrogen-bond donors (Lipinski definition) is 0. The third kappa shape index (κ3) is 5.18. The zero-order valence-corrected chi connectivity index (χ0v) is 21.7. The maximum Gasteiger partial charge on any atom is 0.260 e. The summed E-state index contributed by atoms with van der Waals surface area (Å²) in [6.45, 7) is 7.03. The molecular formula is C29H33N3O3S. The SMILES string of the molecule is Cc1ccccc1C1c2ccsc2CCN1CC(=O)N1CCN(C(=O)COc2ccccc2)C(C)C1. The molecule has 188 valence electrons. The number of aryl methyl sites for hydroxylation is 1. The third-order valence-electron chi connectivity index (χ3n) is 7.29. The van der Waals surface area contributed by atoms with Gasteiger partial charge in [-0.05, 0) is 60.5 Å². The minimum atomic E-state index is -0.0495. The number of piperazine rings is 1. The van der Waals surface area contributed by atoms with E-state index >= 15 is 0 Å². The molecule has 2 aliphatic heterocycles. The highest BCUT2D eigenvalue weighted by molar-refractivity contribution is 7.10. The van der Waals surface area contributed by atoms with Crippen molar-refractivity contribution in [2.75, 3.05) is 39.3 Å². The summed E-state index contributed by atoms with van der Waals surface area (Å²) in [4.78, 5) is 33.8. The Morgan fingerprint density at radius 2 is 1.72 bits per heavy atom. The van der Waals surface area contributed by atoms with Crippen LogP contribution in [0.3, 0.4) is 0 Å². The Kier molecular flexibility index (Phi) is 7.39. The van der Waals surface area contributed by atoms with E-state index < -0.39 is 0 Å². The molecule has 5 rings (SSSR count). The van der Waals surface area contributed by atoms with Gasteiger partial charge in [0, 0.05) is 37.1 Å². The average Bonchev–Trinajstić information content (AvgIpc) is 3.37. The van der Waals surface area contributed by atoms with Gasteiger partial charge >= 0.3 is 0 Å². The molecule has 1 fully saturated rings. The van der Waals surface area contributed by atoms with Gasteiger partial charge in [-0.3, -0.25) is 14.5 Å². The summed E-state index contributed by atoms with van der Waals surface area (Å²) >= 11 is 1.81. The number of amides is 2. The van der Waals surface area contributed by atoms with Gasteiger partial charge in [-0.2, -0.15) is 0 Å². The van der Waals surface area contributed by atoms with E-state index in [9.17, 15) is 9.59 Å². The molecule has 2 aliphatic rings. The number of para-hydroxylation sites is 1. The lowest BCUT2D eigenvalue weighted by molar-refractivity contribution is -0.144. The highest BCUT2D eigenvalue weighted by Gasteiger charge is 2.35. The van der Waals surface area contributed by atoms with E-state index in [4.69, 9.17) is 4.74 Å². The van der Waals surface area contributed by atoms with E-state index in [1.807, 2.05) is 58.4 Å². The zero-order valence-electron chi connectivity index (χ0n) is 20.9. The lowest BCUT2D eigenvalue weighted by atomic mass is 9.90. The molecule has 0 radical (unpaired) electrons. The second-order valence-electron chi connectivity index (χ2n) is 9.66. The van der Waals surface area contributed by atoms with Crippen molar-refractivity contribution in [2.24, 2.45) is 0 Å². The van der Waals surface area contributed by atoms with Crippen LogP contribution < -0.4 is 4.74 Å². The molecule has 0 bridgehead atoms. The van der Waals surface area contributed by atoms with Crippen LogP contribution >= 0.6 is 11.3 Å². The predicted molar refractivity (Wildman–Crippen MR) is 142 cm³/mol. The molecule has 1 aromatic heterocycles. The number of nitrogens with zero attached hydrogens (tertiary/aromatic N) is 3. The van der Waals surface area contributed by atoms with Gasteiger partial charge in [0.25, 0.3) is 5.91 Å². The number of thiophene rings is 1. The van der Waals surface area contributed by atoms with E-state index in [1.165, 1.54) is 21.6 Å². The van der Waals surface area contributed by atoms with Crippen molar-refractivity contribution in [1.82, 2.24) is 14.7 Å². The van der Waals surface area contributed by atoms with Crippen molar-refractivity contribution in [3.8, 4) is 5.75 Å². The zero-order chi connectivity index (χ0) is 25.1. The molecular weight excluding hydrogens is 470 g/mol. The van der Waals surface area contributed by atoms with Crippen LogP contribution in [0.25, 0.3) is 0 Å². The van der Waals surface area contributed by atoms with E-state index in [0.29, 0.717) is 31.9 Å². The fourth-order valence-corrected chi connectivity index (χ4v) is 6.27. The van der Waals surface area contributed by atoms with Crippen molar-refractivity contribution < 1.29 is 14.3 Å². The smallest absolute Gasteiger partial charge is 0.260 e. The average molecular weight is 504 g/mol. The van der Waals surface area contributed by atoms with Gasteiger partial charge in [0.2, 0.25) is 5.91 Å². The predicted octanol–water partition coefficient (Wildman–Crippen LogP) is 4.14. The first-order valence-electron chi connectivity index (χ1n) is 12.6. The van der Waals surface area contributed by atoms with Crippen LogP contribution in [0.15, 0.2) is 66.0 Å². The van der Waals surface area contributed by atoms with Crippen molar-refractivity contribution in [3.05, 3.63) is 87.6 Å². The Labute approximate surface area is 217 Å². The molecule has 3 aromatic rings. The van der Waals surface area contributed by atoms with Crippen molar-refractivity contribution >= 4 is 23.2 Å². The minimum Gasteiger partial charge on any atom is -0.484 e. The minimum absolute atomic E-state index is 0.0111. The Balaban J connectivity index is 1.22. The summed E-state index contributed by atoms with van der Waals surface area (Å²) in [5.41, 5.74) is 3.85. The molecule has 0 spiro atoms. The monoisotopic (exact) mass is 503 g/mol. The second kappa shape index (κ2) is 10.8. The van der Waals surface area contributed by atoms with Gasteiger partial charge in [0.15, 0.2) is 6.61 Å². The highest BCUT2D eigenvalue weighted by atomic mass is 32.1.